The Morgan fingerprint density at radius 3 is 2.56 bits per heavy atom. The Kier molecular flexibility index (Phi) is 3.96. The summed E-state index contributed by atoms with van der Waals surface area (Å²) in [5.74, 6) is -1.55. The number of nitrogens with zero attached hydrogens (tertiary/aromatic N) is 1. The van der Waals surface area contributed by atoms with Crippen molar-refractivity contribution in [1.82, 2.24) is 4.98 Å². The summed E-state index contributed by atoms with van der Waals surface area (Å²) >= 11 is 0. The summed E-state index contributed by atoms with van der Waals surface area (Å²) in [4.78, 5) is 14.8. The fourth-order valence-electron chi connectivity index (χ4n) is 1.19. The molecule has 0 aliphatic rings. The number of hydrogen-bond donors (Lipinski definition) is 2. The Balaban J connectivity index is 3.24. The highest BCUT2D eigenvalue weighted by Gasteiger charge is 2.33. The van der Waals surface area contributed by atoms with Crippen molar-refractivity contribution in [1.29, 1.82) is 0 Å². The van der Waals surface area contributed by atoms with E-state index in [0.717, 1.165) is 13.2 Å². The smallest absolute Gasteiger partial charge is 0.464 e. The molecular formula is C9H10F3N3O3. The fourth-order valence-corrected chi connectivity index (χ4v) is 1.19. The molecule has 0 radical (unpaired) electrons. The number of halogens is 3. The topological polar surface area (TPSA) is 100 Å². The van der Waals surface area contributed by atoms with Gasteiger partial charge in [-0.1, -0.05) is 0 Å². The van der Waals surface area contributed by atoms with Gasteiger partial charge in [0.2, 0.25) is 0 Å². The van der Waals surface area contributed by atoms with Crippen molar-refractivity contribution < 1.29 is 27.4 Å². The first-order valence-electron chi connectivity index (χ1n) is 4.62. The number of rotatable bonds is 3. The zero-order valence-electron chi connectivity index (χ0n) is 9.25. The molecule has 1 aromatic heterocycles. The molecule has 0 unspecified atom stereocenters. The first-order chi connectivity index (χ1) is 8.28. The summed E-state index contributed by atoms with van der Waals surface area (Å²) in [6, 6.07) is 0.923. The highest BCUT2D eigenvalue weighted by Crippen LogP contribution is 2.31. The summed E-state index contributed by atoms with van der Waals surface area (Å²) in [6.45, 7) is -0.375. The molecule has 0 bridgehead atoms. The first-order valence-corrected chi connectivity index (χ1v) is 4.62. The molecule has 1 rings (SSSR count). The van der Waals surface area contributed by atoms with Gasteiger partial charge in [0, 0.05) is 6.54 Å². The Hall–Kier alpha value is -2.03. The minimum atomic E-state index is -4.92. The van der Waals surface area contributed by atoms with Crippen molar-refractivity contribution >= 4 is 11.7 Å². The van der Waals surface area contributed by atoms with E-state index in [0.29, 0.717) is 0 Å². The van der Waals surface area contributed by atoms with E-state index in [-0.39, 0.29) is 17.9 Å². The highest BCUT2D eigenvalue weighted by molar-refractivity contribution is 5.88. The molecule has 1 aromatic rings. The Labute approximate surface area is 99.7 Å². The molecular weight excluding hydrogens is 255 g/mol. The van der Waals surface area contributed by atoms with Crippen molar-refractivity contribution in [2.45, 2.75) is 12.9 Å². The van der Waals surface area contributed by atoms with Crippen molar-refractivity contribution in [2.24, 2.45) is 5.73 Å². The molecule has 0 saturated heterocycles. The minimum Gasteiger partial charge on any atom is -0.464 e. The second-order valence-corrected chi connectivity index (χ2v) is 3.12. The lowest BCUT2D eigenvalue weighted by Gasteiger charge is -2.14. The van der Waals surface area contributed by atoms with Crippen LogP contribution in [0.5, 0.6) is 5.75 Å². The van der Waals surface area contributed by atoms with Crippen molar-refractivity contribution in [3.05, 3.63) is 17.5 Å². The van der Waals surface area contributed by atoms with E-state index in [4.69, 9.17) is 11.5 Å². The monoisotopic (exact) mass is 265 g/mol. The summed E-state index contributed by atoms with van der Waals surface area (Å²) < 4.78 is 44.4. The van der Waals surface area contributed by atoms with Crippen molar-refractivity contribution in [3.8, 4) is 5.75 Å². The number of carbonyl (C=O) groups excluding carboxylic acids is 1. The molecule has 0 fully saturated rings. The average Bonchev–Trinajstić information content (AvgIpc) is 2.28. The van der Waals surface area contributed by atoms with Gasteiger partial charge in [-0.25, -0.2) is 9.78 Å². The van der Waals surface area contributed by atoms with Gasteiger partial charge in [0.05, 0.1) is 18.5 Å². The number of pyridine rings is 1. The van der Waals surface area contributed by atoms with E-state index in [2.05, 4.69) is 14.5 Å². The number of ether oxygens (including phenoxy) is 2. The van der Waals surface area contributed by atoms with E-state index in [1.54, 1.807) is 0 Å². The van der Waals surface area contributed by atoms with Crippen LogP contribution in [0.1, 0.15) is 16.2 Å². The van der Waals surface area contributed by atoms with Crippen molar-refractivity contribution in [2.75, 3.05) is 12.8 Å². The van der Waals surface area contributed by atoms with Gasteiger partial charge in [-0.05, 0) is 6.07 Å². The number of carbonyl (C=O) groups is 1. The van der Waals surface area contributed by atoms with Crippen LogP contribution in [0, 0.1) is 0 Å². The van der Waals surface area contributed by atoms with E-state index < -0.39 is 23.8 Å². The van der Waals surface area contributed by atoms with Gasteiger partial charge in [-0.3, -0.25) is 0 Å². The van der Waals surface area contributed by atoms with Crippen LogP contribution in [-0.2, 0) is 11.3 Å². The normalized spacial score (nSPS) is 11.2. The lowest BCUT2D eigenvalue weighted by molar-refractivity contribution is -0.274. The molecule has 0 aromatic carbocycles. The summed E-state index contributed by atoms with van der Waals surface area (Å²) in [6.07, 6.45) is -4.92. The first kappa shape index (κ1) is 14.0. The number of aromatic nitrogens is 1. The predicted molar refractivity (Wildman–Crippen MR) is 54.6 cm³/mol. The Morgan fingerprint density at radius 1 is 1.50 bits per heavy atom. The standard InChI is InChI=1S/C9H10F3N3O3/c1-17-8(16)5-2-4(14)7(6(3-13)15-5)18-9(10,11)12/h2H,3,13H2,1H3,(H2,14,15). The summed E-state index contributed by atoms with van der Waals surface area (Å²) in [5, 5.41) is 0. The van der Waals surface area contributed by atoms with Crippen LogP contribution in [-0.4, -0.2) is 24.4 Å². The minimum absolute atomic E-state index is 0.245. The SMILES string of the molecule is COC(=O)c1cc(N)c(OC(F)(F)F)c(CN)n1. The fraction of sp³-hybridized carbons (Fsp3) is 0.333. The molecule has 6 nitrogen and oxygen atoms in total. The number of esters is 1. The van der Waals surface area contributed by atoms with Gasteiger partial charge in [0.25, 0.3) is 0 Å². The number of hydrogen-bond acceptors (Lipinski definition) is 6. The van der Waals surface area contributed by atoms with Crippen LogP contribution in [0.3, 0.4) is 0 Å². The number of nitrogen functional groups attached to an aromatic ring is 1. The highest BCUT2D eigenvalue weighted by atomic mass is 19.4. The molecule has 1 heterocycles. The van der Waals surface area contributed by atoms with Crippen LogP contribution in [0.2, 0.25) is 0 Å². The van der Waals surface area contributed by atoms with Crippen LogP contribution in [0.25, 0.3) is 0 Å². The van der Waals surface area contributed by atoms with Gasteiger partial charge < -0.3 is 20.9 Å². The second-order valence-electron chi connectivity index (χ2n) is 3.12. The molecule has 100 valence electrons. The lowest BCUT2D eigenvalue weighted by atomic mass is 10.2. The van der Waals surface area contributed by atoms with Crippen LogP contribution < -0.4 is 16.2 Å². The van der Waals surface area contributed by atoms with Gasteiger partial charge in [-0.15, -0.1) is 13.2 Å². The quantitative estimate of drug-likeness (QED) is 0.784. The maximum absolute atomic E-state index is 12.1. The molecule has 0 amide bonds. The van der Waals surface area contributed by atoms with E-state index in [1.807, 2.05) is 0 Å². The van der Waals surface area contributed by atoms with Crippen molar-refractivity contribution in [3.63, 3.8) is 0 Å². The number of nitrogens with two attached hydrogens (primary N) is 2. The second kappa shape index (κ2) is 5.08. The third-order valence-electron chi connectivity index (χ3n) is 1.88. The lowest BCUT2D eigenvalue weighted by Crippen LogP contribution is -2.21. The van der Waals surface area contributed by atoms with E-state index in [1.165, 1.54) is 0 Å². The van der Waals surface area contributed by atoms with E-state index >= 15 is 0 Å². The molecule has 0 spiro atoms. The third-order valence-corrected chi connectivity index (χ3v) is 1.88. The number of anilines is 1. The zero-order chi connectivity index (χ0) is 13.9. The maximum atomic E-state index is 12.1. The average molecular weight is 265 g/mol. The molecule has 0 aliphatic carbocycles. The Bertz CT molecular complexity index is 462. The molecule has 0 atom stereocenters. The number of alkyl halides is 3. The molecule has 4 N–H and O–H groups in total. The van der Waals surface area contributed by atoms with Gasteiger partial charge in [-0.2, -0.15) is 0 Å². The Morgan fingerprint density at radius 2 is 2.11 bits per heavy atom. The molecule has 9 heteroatoms. The number of methoxy groups -OCH3 is 1. The maximum Gasteiger partial charge on any atom is 0.573 e. The third kappa shape index (κ3) is 3.23. The zero-order valence-corrected chi connectivity index (χ0v) is 9.25. The summed E-state index contributed by atoms with van der Waals surface area (Å²) in [7, 11) is 1.10. The van der Waals surface area contributed by atoms with Gasteiger partial charge >= 0.3 is 12.3 Å². The van der Waals surface area contributed by atoms with Gasteiger partial charge in [0.1, 0.15) is 0 Å². The van der Waals surface area contributed by atoms with Crippen LogP contribution in [0.4, 0.5) is 18.9 Å². The molecule has 0 saturated carbocycles. The largest absolute Gasteiger partial charge is 0.573 e. The molecule has 18 heavy (non-hydrogen) atoms. The summed E-state index contributed by atoms with van der Waals surface area (Å²) in [5.41, 5.74) is 9.67. The molecule has 0 aliphatic heterocycles. The van der Waals surface area contributed by atoms with Gasteiger partial charge in [0.15, 0.2) is 11.4 Å². The van der Waals surface area contributed by atoms with Crippen LogP contribution >= 0.6 is 0 Å². The van der Waals surface area contributed by atoms with Crippen LogP contribution in [0.15, 0.2) is 6.07 Å². The van der Waals surface area contributed by atoms with E-state index in [9.17, 15) is 18.0 Å². The predicted octanol–water partition coefficient (Wildman–Crippen LogP) is 0.808.